The fourth-order valence-corrected chi connectivity index (χ4v) is 2.39. The molecule has 7 heteroatoms. The van der Waals surface area contributed by atoms with Gasteiger partial charge in [-0.25, -0.2) is 10.2 Å². The van der Waals surface area contributed by atoms with Crippen LogP contribution < -0.4 is 15.5 Å². The summed E-state index contributed by atoms with van der Waals surface area (Å²) in [5.41, 5.74) is 4.73. The van der Waals surface area contributed by atoms with Crippen LogP contribution in [0.1, 0.15) is 18.1 Å². The maximum Gasteiger partial charge on any atom is 0.339 e. The molecule has 24 heavy (non-hydrogen) atoms. The molecule has 0 aliphatic heterocycles. The molecule has 0 unspecified atom stereocenters. The number of phenols is 1. The zero-order valence-electron chi connectivity index (χ0n) is 13.3. The molecule has 0 heterocycles. The van der Waals surface area contributed by atoms with E-state index in [1.807, 2.05) is 38.1 Å². The van der Waals surface area contributed by atoms with Crippen molar-refractivity contribution >= 4 is 33.9 Å². The molecule has 0 aromatic heterocycles. The molecule has 0 aliphatic rings. The Morgan fingerprint density at radius 2 is 2.12 bits per heavy atom. The van der Waals surface area contributed by atoms with E-state index >= 15 is 0 Å². The van der Waals surface area contributed by atoms with Crippen molar-refractivity contribution in [3.63, 3.8) is 0 Å². The van der Waals surface area contributed by atoms with E-state index in [2.05, 4.69) is 31.8 Å². The Bertz CT molecular complexity index is 763. The minimum absolute atomic E-state index is 0.0335. The number of rotatable bonds is 5. The van der Waals surface area contributed by atoms with E-state index in [4.69, 9.17) is 4.74 Å². The van der Waals surface area contributed by atoms with Crippen LogP contribution in [0.15, 0.2) is 46.0 Å². The number of phenolic OH excluding ortho intramolecular Hbond substituents is 1. The average molecular weight is 392 g/mol. The van der Waals surface area contributed by atoms with Crippen LogP contribution in [0.5, 0.6) is 11.5 Å². The highest BCUT2D eigenvalue weighted by Crippen LogP contribution is 2.31. The van der Waals surface area contributed by atoms with Gasteiger partial charge in [-0.05, 0) is 53.5 Å². The maximum atomic E-state index is 11.9. The number of hydrazone groups is 1. The third-order valence-corrected chi connectivity index (χ3v) is 3.83. The molecule has 126 valence electrons. The van der Waals surface area contributed by atoms with Gasteiger partial charge in [0.15, 0.2) is 11.5 Å². The van der Waals surface area contributed by atoms with Gasteiger partial charge in [-0.15, -0.1) is 0 Å². The van der Waals surface area contributed by atoms with Crippen molar-refractivity contribution in [2.75, 3.05) is 11.9 Å². The predicted molar refractivity (Wildman–Crippen MR) is 97.9 cm³/mol. The molecule has 2 aromatic carbocycles. The third-order valence-electron chi connectivity index (χ3n) is 3.14. The lowest BCUT2D eigenvalue weighted by Crippen LogP contribution is -2.24. The third kappa shape index (κ3) is 4.73. The largest absolute Gasteiger partial charge is 0.504 e. The van der Waals surface area contributed by atoms with Gasteiger partial charge in [-0.3, -0.25) is 0 Å². The van der Waals surface area contributed by atoms with Crippen molar-refractivity contribution in [2.24, 2.45) is 5.10 Å². The lowest BCUT2D eigenvalue weighted by atomic mass is 10.2. The lowest BCUT2D eigenvalue weighted by molar-refractivity contribution is 0.252. The van der Waals surface area contributed by atoms with Crippen LogP contribution in [0.3, 0.4) is 0 Å². The number of carbonyl (C=O) groups excluding carboxylic acids is 1. The van der Waals surface area contributed by atoms with Gasteiger partial charge in [0.2, 0.25) is 0 Å². The second-order valence-electron chi connectivity index (χ2n) is 4.91. The number of nitrogens with one attached hydrogen (secondary N) is 2. The fraction of sp³-hybridized carbons (Fsp3) is 0.176. The number of nitrogens with zero attached hydrogens (tertiary/aromatic N) is 1. The number of ether oxygens (including phenoxy) is 1. The zero-order chi connectivity index (χ0) is 17.5. The summed E-state index contributed by atoms with van der Waals surface area (Å²) in [5.74, 6) is 0.387. The van der Waals surface area contributed by atoms with Crippen LogP contribution in [0, 0.1) is 6.92 Å². The van der Waals surface area contributed by atoms with Gasteiger partial charge in [0.1, 0.15) is 0 Å². The van der Waals surface area contributed by atoms with Crippen LogP contribution >= 0.6 is 15.9 Å². The quantitative estimate of drug-likeness (QED) is 0.531. The van der Waals surface area contributed by atoms with Crippen molar-refractivity contribution < 1.29 is 14.6 Å². The van der Waals surface area contributed by atoms with Crippen molar-refractivity contribution in [1.29, 1.82) is 0 Å². The molecule has 0 saturated heterocycles. The topological polar surface area (TPSA) is 83.0 Å². The molecule has 2 rings (SSSR count). The van der Waals surface area contributed by atoms with Gasteiger partial charge in [-0.2, -0.15) is 5.10 Å². The van der Waals surface area contributed by atoms with E-state index in [1.165, 1.54) is 12.3 Å². The highest BCUT2D eigenvalue weighted by molar-refractivity contribution is 9.10. The summed E-state index contributed by atoms with van der Waals surface area (Å²) in [6.45, 7) is 4.16. The van der Waals surface area contributed by atoms with Gasteiger partial charge in [0, 0.05) is 15.7 Å². The Hall–Kier alpha value is -2.54. The summed E-state index contributed by atoms with van der Waals surface area (Å²) >= 11 is 3.33. The van der Waals surface area contributed by atoms with Crippen LogP contribution in [-0.4, -0.2) is 24.0 Å². The van der Waals surface area contributed by atoms with Crippen LogP contribution in [0.25, 0.3) is 0 Å². The molecule has 0 aliphatic carbocycles. The van der Waals surface area contributed by atoms with Gasteiger partial charge in [0.05, 0.1) is 12.8 Å². The number of aromatic hydroxyl groups is 1. The maximum absolute atomic E-state index is 11.9. The molecule has 2 aromatic rings. The second kappa shape index (κ2) is 8.35. The normalized spacial score (nSPS) is 10.6. The molecule has 0 saturated carbocycles. The zero-order valence-corrected chi connectivity index (χ0v) is 14.9. The molecule has 0 radical (unpaired) electrons. The molecule has 0 spiro atoms. The van der Waals surface area contributed by atoms with Gasteiger partial charge in [-0.1, -0.05) is 18.2 Å². The van der Waals surface area contributed by atoms with E-state index in [0.717, 1.165) is 11.3 Å². The van der Waals surface area contributed by atoms with E-state index in [-0.39, 0.29) is 5.75 Å². The van der Waals surface area contributed by atoms with Crippen molar-refractivity contribution in [3.8, 4) is 11.5 Å². The predicted octanol–water partition coefficient (Wildman–Crippen LogP) is 4.02. The monoisotopic (exact) mass is 391 g/mol. The molecule has 6 nitrogen and oxygen atoms in total. The van der Waals surface area contributed by atoms with Crippen LogP contribution in [0.2, 0.25) is 0 Å². The van der Waals surface area contributed by atoms with Crippen LogP contribution in [0.4, 0.5) is 10.5 Å². The highest BCUT2D eigenvalue weighted by Gasteiger charge is 2.07. The van der Waals surface area contributed by atoms with Crippen LogP contribution in [-0.2, 0) is 0 Å². The number of benzene rings is 2. The Balaban J connectivity index is 2.02. The highest BCUT2D eigenvalue weighted by atomic mass is 79.9. The first-order valence-corrected chi connectivity index (χ1v) is 8.11. The fourth-order valence-electron chi connectivity index (χ4n) is 1.95. The van der Waals surface area contributed by atoms with E-state index in [0.29, 0.717) is 22.4 Å². The molecule has 0 atom stereocenters. The summed E-state index contributed by atoms with van der Waals surface area (Å²) in [4.78, 5) is 11.9. The summed E-state index contributed by atoms with van der Waals surface area (Å²) in [7, 11) is 0. The minimum Gasteiger partial charge on any atom is -0.504 e. The Kier molecular flexibility index (Phi) is 6.20. The average Bonchev–Trinajstić information content (AvgIpc) is 2.54. The van der Waals surface area contributed by atoms with E-state index in [1.54, 1.807) is 6.07 Å². The first-order valence-electron chi connectivity index (χ1n) is 7.32. The molecule has 3 N–H and O–H groups in total. The number of halogens is 1. The molecular weight excluding hydrogens is 374 g/mol. The first kappa shape index (κ1) is 17.8. The first-order chi connectivity index (χ1) is 11.5. The number of amides is 2. The molecular formula is C17H18BrN3O3. The number of aryl methyl sites for hydroxylation is 1. The van der Waals surface area contributed by atoms with Gasteiger partial charge >= 0.3 is 6.03 Å². The van der Waals surface area contributed by atoms with Gasteiger partial charge in [0.25, 0.3) is 0 Å². The van der Waals surface area contributed by atoms with E-state index < -0.39 is 6.03 Å². The summed E-state index contributed by atoms with van der Waals surface area (Å²) in [5, 5.41) is 16.4. The number of carbonyl (C=O) groups is 1. The summed E-state index contributed by atoms with van der Waals surface area (Å²) in [6.07, 6.45) is 1.46. The number of para-hydroxylation sites is 1. The van der Waals surface area contributed by atoms with E-state index in [9.17, 15) is 9.90 Å². The number of hydrogen-bond donors (Lipinski definition) is 3. The number of anilines is 1. The Labute approximate surface area is 148 Å². The smallest absolute Gasteiger partial charge is 0.339 e. The second-order valence-corrected chi connectivity index (χ2v) is 5.77. The lowest BCUT2D eigenvalue weighted by Gasteiger charge is -2.08. The van der Waals surface area contributed by atoms with Crippen molar-refractivity contribution in [2.45, 2.75) is 13.8 Å². The molecule has 0 fully saturated rings. The molecule has 2 amide bonds. The minimum atomic E-state index is -0.444. The van der Waals surface area contributed by atoms with Crippen molar-refractivity contribution in [1.82, 2.24) is 5.43 Å². The summed E-state index contributed by atoms with van der Waals surface area (Å²) < 4.78 is 5.95. The number of urea groups is 1. The Morgan fingerprint density at radius 3 is 2.83 bits per heavy atom. The van der Waals surface area contributed by atoms with Crippen molar-refractivity contribution in [3.05, 3.63) is 52.0 Å². The Morgan fingerprint density at radius 1 is 1.38 bits per heavy atom. The summed E-state index contributed by atoms with van der Waals surface area (Å²) in [6, 6.07) is 10.2. The number of hydrogen-bond acceptors (Lipinski definition) is 4. The standard InChI is InChI=1S/C17H18BrN3O3/c1-3-24-16-8-12(13(18)9-15(16)22)10-19-21-17(23)20-14-7-5-4-6-11(14)2/h4-10,22H,3H2,1-2H3,(H2,20,21,23). The molecule has 0 bridgehead atoms. The SMILES string of the molecule is CCOc1cc(C=NNC(=O)Nc2ccccc2C)c(Br)cc1O. The van der Waals surface area contributed by atoms with Gasteiger partial charge < -0.3 is 15.2 Å².